The number of thiazole rings is 1. The zero-order chi connectivity index (χ0) is 12.3. The molecule has 0 aliphatic heterocycles. The van der Waals surface area contributed by atoms with Gasteiger partial charge in [-0.2, -0.15) is 0 Å². The molecule has 0 amide bonds. The van der Waals surface area contributed by atoms with E-state index in [0.717, 1.165) is 15.8 Å². The molecule has 5 heteroatoms. The maximum absolute atomic E-state index is 11.1. The molecule has 0 saturated heterocycles. The summed E-state index contributed by atoms with van der Waals surface area (Å²) >= 11 is 2.49. The van der Waals surface area contributed by atoms with Crippen LogP contribution in [-0.2, 0) is 4.79 Å². The molecule has 0 radical (unpaired) electrons. The summed E-state index contributed by atoms with van der Waals surface area (Å²) in [5, 5.41) is 0.119. The van der Waals surface area contributed by atoms with E-state index in [2.05, 4.69) is 4.98 Å². The Balaban J connectivity index is 2.13. The van der Waals surface area contributed by atoms with Crippen LogP contribution in [0.15, 0.2) is 29.1 Å². The number of thioether (sulfide) groups is 1. The van der Waals surface area contributed by atoms with Gasteiger partial charge in [-0.3, -0.25) is 9.59 Å². The van der Waals surface area contributed by atoms with Crippen LogP contribution in [0.3, 0.4) is 0 Å². The number of fused-ring (bicyclic) bond motifs is 1. The molecule has 0 aliphatic rings. The molecule has 0 atom stereocenters. The van der Waals surface area contributed by atoms with E-state index in [0.29, 0.717) is 5.75 Å². The summed E-state index contributed by atoms with van der Waals surface area (Å²) in [5.41, 5.74) is 1.91. The second kappa shape index (κ2) is 5.33. The van der Waals surface area contributed by atoms with E-state index in [4.69, 9.17) is 0 Å². The second-order valence-electron chi connectivity index (χ2n) is 3.48. The van der Waals surface area contributed by atoms with Gasteiger partial charge in [-0.25, -0.2) is 0 Å². The first-order valence-electron chi connectivity index (χ1n) is 5.08. The number of aromatic amines is 1. The molecular weight excluding hydrogens is 254 g/mol. The minimum Gasteiger partial charge on any atom is -0.312 e. The fourth-order valence-corrected chi connectivity index (χ4v) is 2.63. The number of nitrogens with one attached hydrogen (secondary N) is 1. The van der Waals surface area contributed by atoms with E-state index < -0.39 is 0 Å². The molecule has 0 spiro atoms. The first kappa shape index (κ1) is 12.1. The van der Waals surface area contributed by atoms with Crippen LogP contribution in [0, 0.1) is 0 Å². The SMILES string of the molecule is CC(=O)SCC=Cc1ccc2[nH]c(=O)sc2c1. The Morgan fingerprint density at radius 1 is 1.53 bits per heavy atom. The lowest BCUT2D eigenvalue weighted by Gasteiger charge is -1.93. The number of aromatic nitrogens is 1. The highest BCUT2D eigenvalue weighted by Crippen LogP contribution is 2.17. The van der Waals surface area contributed by atoms with Crippen molar-refractivity contribution in [3.8, 4) is 0 Å². The monoisotopic (exact) mass is 265 g/mol. The molecule has 0 bridgehead atoms. The van der Waals surface area contributed by atoms with E-state index in [1.807, 2.05) is 30.4 Å². The maximum Gasteiger partial charge on any atom is 0.305 e. The van der Waals surface area contributed by atoms with E-state index in [9.17, 15) is 9.59 Å². The molecule has 88 valence electrons. The number of H-pyrrole nitrogens is 1. The van der Waals surface area contributed by atoms with Crippen LogP contribution in [0.25, 0.3) is 16.3 Å². The van der Waals surface area contributed by atoms with Crippen molar-refractivity contribution in [1.82, 2.24) is 4.98 Å². The van der Waals surface area contributed by atoms with Crippen LogP contribution in [0.1, 0.15) is 12.5 Å². The van der Waals surface area contributed by atoms with Crippen LogP contribution >= 0.6 is 23.1 Å². The molecule has 0 saturated carbocycles. The van der Waals surface area contributed by atoms with Gasteiger partial charge in [0.15, 0.2) is 5.12 Å². The van der Waals surface area contributed by atoms with Gasteiger partial charge in [-0.05, 0) is 17.7 Å². The minimum atomic E-state index is -0.0340. The standard InChI is InChI=1S/C12H11NO2S2/c1-8(14)16-6-2-3-9-4-5-10-11(7-9)17-12(15)13-10/h2-5,7H,6H2,1H3,(H,13,15). The molecule has 1 aromatic carbocycles. The molecule has 1 aromatic heterocycles. The van der Waals surface area contributed by atoms with Gasteiger partial charge in [-0.15, -0.1) is 0 Å². The van der Waals surface area contributed by atoms with Crippen molar-refractivity contribution in [3.05, 3.63) is 39.5 Å². The Labute approximate surface area is 107 Å². The van der Waals surface area contributed by atoms with Crippen LogP contribution in [-0.4, -0.2) is 15.9 Å². The molecule has 17 heavy (non-hydrogen) atoms. The predicted octanol–water partition coefficient (Wildman–Crippen LogP) is 2.88. The Bertz CT molecular complexity index is 625. The topological polar surface area (TPSA) is 49.9 Å². The number of benzene rings is 1. The first-order valence-corrected chi connectivity index (χ1v) is 6.88. The van der Waals surface area contributed by atoms with Gasteiger partial charge in [0, 0.05) is 12.7 Å². The Morgan fingerprint density at radius 2 is 2.35 bits per heavy atom. The van der Waals surface area contributed by atoms with Crippen molar-refractivity contribution in [2.24, 2.45) is 0 Å². The number of hydrogen-bond acceptors (Lipinski definition) is 4. The molecular formula is C12H11NO2S2. The van der Waals surface area contributed by atoms with E-state index in [1.165, 1.54) is 23.1 Å². The van der Waals surface area contributed by atoms with Crippen LogP contribution < -0.4 is 4.87 Å². The van der Waals surface area contributed by atoms with Gasteiger partial charge in [0.25, 0.3) is 0 Å². The summed E-state index contributed by atoms with van der Waals surface area (Å²) in [6.45, 7) is 1.56. The smallest absolute Gasteiger partial charge is 0.305 e. The highest BCUT2D eigenvalue weighted by atomic mass is 32.2. The molecule has 0 unspecified atom stereocenters. The number of carbonyl (C=O) groups is 1. The van der Waals surface area contributed by atoms with Crippen molar-refractivity contribution in [1.29, 1.82) is 0 Å². The maximum atomic E-state index is 11.1. The third-order valence-electron chi connectivity index (χ3n) is 2.14. The summed E-state index contributed by atoms with van der Waals surface area (Å²) in [6, 6.07) is 5.80. The Kier molecular flexibility index (Phi) is 3.81. The van der Waals surface area contributed by atoms with Crippen molar-refractivity contribution in [2.45, 2.75) is 6.92 Å². The quantitative estimate of drug-likeness (QED) is 0.928. The number of carbonyl (C=O) groups excluding carboxylic acids is 1. The highest BCUT2D eigenvalue weighted by Gasteiger charge is 1.98. The molecule has 1 N–H and O–H groups in total. The minimum absolute atomic E-state index is 0.0340. The molecule has 2 rings (SSSR count). The fourth-order valence-electron chi connectivity index (χ4n) is 1.42. The molecule has 1 heterocycles. The summed E-state index contributed by atoms with van der Waals surface area (Å²) in [4.78, 5) is 24.6. The van der Waals surface area contributed by atoms with Gasteiger partial charge < -0.3 is 4.98 Å². The molecule has 3 nitrogen and oxygen atoms in total. The predicted molar refractivity (Wildman–Crippen MR) is 74.6 cm³/mol. The summed E-state index contributed by atoms with van der Waals surface area (Å²) in [6.07, 6.45) is 3.90. The average molecular weight is 265 g/mol. The van der Waals surface area contributed by atoms with Gasteiger partial charge in [0.1, 0.15) is 0 Å². The summed E-state index contributed by atoms with van der Waals surface area (Å²) in [5.74, 6) is 0.677. The number of rotatable bonds is 3. The van der Waals surface area contributed by atoms with Gasteiger partial charge in [0.05, 0.1) is 10.2 Å². The third-order valence-corrected chi connectivity index (χ3v) is 3.75. The van der Waals surface area contributed by atoms with Crippen molar-refractivity contribution < 1.29 is 4.79 Å². The van der Waals surface area contributed by atoms with Crippen LogP contribution in [0.5, 0.6) is 0 Å². The zero-order valence-electron chi connectivity index (χ0n) is 9.23. The molecule has 0 fully saturated rings. The Hall–Kier alpha value is -1.33. The van der Waals surface area contributed by atoms with Crippen molar-refractivity contribution in [2.75, 3.05) is 5.75 Å². The average Bonchev–Trinajstić information content (AvgIpc) is 2.63. The number of hydrogen-bond donors (Lipinski definition) is 1. The van der Waals surface area contributed by atoms with E-state index >= 15 is 0 Å². The normalized spacial score (nSPS) is 11.4. The third kappa shape index (κ3) is 3.31. The van der Waals surface area contributed by atoms with Crippen LogP contribution in [0.4, 0.5) is 0 Å². The molecule has 0 aliphatic carbocycles. The van der Waals surface area contributed by atoms with Gasteiger partial charge >= 0.3 is 4.87 Å². The summed E-state index contributed by atoms with van der Waals surface area (Å²) in [7, 11) is 0. The summed E-state index contributed by atoms with van der Waals surface area (Å²) < 4.78 is 0.955. The fraction of sp³-hybridized carbons (Fsp3) is 0.167. The van der Waals surface area contributed by atoms with Crippen molar-refractivity contribution in [3.63, 3.8) is 0 Å². The first-order chi connectivity index (χ1) is 8.15. The van der Waals surface area contributed by atoms with E-state index in [1.54, 1.807) is 6.92 Å². The van der Waals surface area contributed by atoms with Gasteiger partial charge in [0.2, 0.25) is 0 Å². The highest BCUT2D eigenvalue weighted by molar-refractivity contribution is 8.13. The second-order valence-corrected chi connectivity index (χ2v) is 5.69. The lowest BCUT2D eigenvalue weighted by Crippen LogP contribution is -1.89. The Morgan fingerprint density at radius 3 is 3.12 bits per heavy atom. The zero-order valence-corrected chi connectivity index (χ0v) is 10.9. The lowest BCUT2D eigenvalue weighted by atomic mass is 10.2. The van der Waals surface area contributed by atoms with Crippen LogP contribution in [0.2, 0.25) is 0 Å². The largest absolute Gasteiger partial charge is 0.312 e. The molecule has 2 aromatic rings. The van der Waals surface area contributed by atoms with Gasteiger partial charge in [-0.1, -0.05) is 41.3 Å². The van der Waals surface area contributed by atoms with E-state index in [-0.39, 0.29) is 9.99 Å². The van der Waals surface area contributed by atoms with Crippen molar-refractivity contribution >= 4 is 44.5 Å². The lowest BCUT2D eigenvalue weighted by molar-refractivity contribution is -0.109.